The smallest absolute Gasteiger partial charge is 0 e. The molecule has 0 aromatic heterocycles. The Hall–Kier alpha value is 0.202. The van der Waals surface area contributed by atoms with Crippen molar-refractivity contribution < 1.29 is 40.9 Å². The normalized spacial score (nSPS) is 21.7. The number of rotatable bonds is 5. The zero-order valence-corrected chi connectivity index (χ0v) is 29.6. The monoisotopic (exact) mass is 818 g/mol. The van der Waals surface area contributed by atoms with Gasteiger partial charge in [-0.3, -0.25) is 0 Å². The van der Waals surface area contributed by atoms with Crippen LogP contribution in [0, 0.1) is 25.7 Å². The molecule has 2 aromatic carbocycles. The van der Waals surface area contributed by atoms with Crippen LogP contribution in [0.15, 0.2) is 60.7 Å². The summed E-state index contributed by atoms with van der Waals surface area (Å²) in [5, 5.41) is 3.23. The van der Waals surface area contributed by atoms with E-state index in [0.29, 0.717) is 11.4 Å². The number of thioether (sulfide) groups is 1. The predicted molar refractivity (Wildman–Crippen MR) is 162 cm³/mol. The average Bonchev–Trinajstić information content (AvgIpc) is 2.82. The molecule has 0 bridgehead atoms. The van der Waals surface area contributed by atoms with Crippen molar-refractivity contribution in [1.29, 1.82) is 0 Å². The summed E-state index contributed by atoms with van der Waals surface area (Å²) in [5.74, 6) is 0. The molecule has 0 saturated heterocycles. The van der Waals surface area contributed by atoms with Gasteiger partial charge in [-0.25, -0.2) is 0 Å². The Morgan fingerprint density at radius 1 is 0.683 bits per heavy atom. The molecule has 5 radical (unpaired) electrons. The van der Waals surface area contributed by atoms with Crippen LogP contribution < -0.4 is 10.6 Å². The van der Waals surface area contributed by atoms with Crippen molar-refractivity contribution >= 4 is 50.0 Å². The number of benzene rings is 2. The molecular weight excluding hydrogens is 778 g/mol. The molecule has 2 atom stereocenters. The Kier molecular flexibility index (Phi) is 16.3. The quantitative estimate of drug-likeness (QED) is 0.169. The second-order valence-electron chi connectivity index (χ2n) is 10.7. The van der Waals surface area contributed by atoms with Crippen LogP contribution >= 0.6 is 19.9 Å². The molecule has 2 aliphatic carbocycles. The van der Waals surface area contributed by atoms with Crippen LogP contribution in [-0.4, -0.2) is 35.6 Å². The minimum atomic E-state index is -11.2. The summed E-state index contributed by atoms with van der Waals surface area (Å²) in [4.78, 5) is 0. The van der Waals surface area contributed by atoms with E-state index in [-0.39, 0.29) is 24.2 Å². The van der Waals surface area contributed by atoms with Crippen molar-refractivity contribution in [2.24, 2.45) is 0 Å². The third-order valence-corrected chi connectivity index (χ3v) is 9.27. The van der Waals surface area contributed by atoms with Gasteiger partial charge in [0.15, 0.2) is 0 Å². The van der Waals surface area contributed by atoms with Crippen molar-refractivity contribution in [1.82, 2.24) is 0 Å². The van der Waals surface area contributed by atoms with Crippen molar-refractivity contribution in [3.8, 4) is 0 Å². The summed E-state index contributed by atoms with van der Waals surface area (Å²) in [6.45, 7) is 6.96. The van der Waals surface area contributed by atoms with E-state index in [2.05, 4.69) is 119 Å². The Bertz CT molecular complexity index is 903. The van der Waals surface area contributed by atoms with Crippen LogP contribution in [0.4, 0.5) is 16.9 Å². The molecule has 4 rings (SSSR count). The molecule has 0 aliphatic heterocycles. The van der Waals surface area contributed by atoms with Gasteiger partial charge in [-0.2, -0.15) is 0 Å². The predicted octanol–water partition coefficient (Wildman–Crippen LogP) is 10.4. The average molecular weight is 819 g/mol. The van der Waals surface area contributed by atoms with Crippen LogP contribution in [0.1, 0.15) is 72.1 Å². The van der Waals surface area contributed by atoms with Crippen LogP contribution in [0.5, 0.6) is 0 Å². The first-order valence-corrected chi connectivity index (χ1v) is 21.5. The minimum Gasteiger partial charge on any atom is 0 e. The molecule has 2 aliphatic rings. The van der Waals surface area contributed by atoms with Gasteiger partial charge in [-0.05, 0) is 64.2 Å². The summed E-state index contributed by atoms with van der Waals surface area (Å²) in [5.41, 5.74) is 0. The minimum absolute atomic E-state index is 0. The summed E-state index contributed by atoms with van der Waals surface area (Å²) < 4.78 is 66.7. The number of halogens is 6. The largest absolute Gasteiger partial charge is 0 e. The van der Waals surface area contributed by atoms with E-state index in [0.717, 1.165) is 0 Å². The first-order chi connectivity index (χ1) is 18.5. The molecule has 11 heteroatoms. The third kappa shape index (κ3) is 21.5. The zero-order valence-electron chi connectivity index (χ0n) is 23.7. The number of hydrogen-bond donors (Lipinski definition) is 0. The Morgan fingerprint density at radius 3 is 1.41 bits per heavy atom. The number of hydrogen-bond acceptors (Lipinski definition) is 2. The first-order valence-electron chi connectivity index (χ1n) is 13.6. The van der Waals surface area contributed by atoms with Crippen molar-refractivity contribution in [2.45, 2.75) is 88.2 Å². The molecule has 0 unspecified atom stereocenters. The van der Waals surface area contributed by atoms with E-state index >= 15 is 0 Å². The molecule has 0 amide bonds. The fourth-order valence-electron chi connectivity index (χ4n) is 4.16. The summed E-state index contributed by atoms with van der Waals surface area (Å²) in [6, 6.07) is 21.5. The van der Waals surface area contributed by atoms with Crippen LogP contribution in [-0.2, 0) is 24.0 Å². The topological polar surface area (TPSA) is 9.23 Å². The second-order valence-corrected chi connectivity index (χ2v) is 20.1. The Morgan fingerprint density at radius 2 is 1.05 bits per heavy atom. The fraction of sp³-hybridized carbons (Fsp3) is 0.467. The molecule has 0 heterocycles. The standard InChI is InChI=1S/C22H29OPS.C8H12.6FH.Rh.Sb/c1-22(2,3)25-21-17-11-10-16-20(21)23-24(18-12-6-4-7-13-18)19-14-8-5-9-15-19;1-2-4-6-8-7-5-3-1;;;;;;;;/h4-9,12-15,20-21H,10-11,16-17H2,1-3H3;1-2,7-8H,3-6H2;6*1H;;/q;;;;;;;;;+5/p-6/t20-,21-;;;;;;;;;/m0........./s1. The van der Waals surface area contributed by atoms with Crippen molar-refractivity contribution in [3.05, 3.63) is 86.3 Å². The maximum absolute atomic E-state index is 11.2. The van der Waals surface area contributed by atoms with E-state index < -0.39 is 27.6 Å². The summed E-state index contributed by atoms with van der Waals surface area (Å²) in [6.07, 6.45) is 19.4. The molecule has 235 valence electrons. The van der Waals surface area contributed by atoms with E-state index in [1.165, 1.54) is 62.0 Å². The molecule has 2 aromatic rings. The summed E-state index contributed by atoms with van der Waals surface area (Å²) in [7, 11) is -0.755. The van der Waals surface area contributed by atoms with Crippen LogP contribution in [0.2, 0.25) is 0 Å². The van der Waals surface area contributed by atoms with E-state index in [4.69, 9.17) is 4.52 Å². The summed E-state index contributed by atoms with van der Waals surface area (Å²) >= 11 is -9.15. The molecule has 2 saturated carbocycles. The van der Waals surface area contributed by atoms with Gasteiger partial charge < -0.3 is 4.52 Å². The van der Waals surface area contributed by atoms with E-state index in [1.54, 1.807) is 0 Å². The molecular formula is C30H41F6OPRhSSb-. The van der Waals surface area contributed by atoms with Crippen molar-refractivity contribution in [2.75, 3.05) is 0 Å². The Balaban J connectivity index is 0.000000432. The molecule has 2 fully saturated rings. The maximum atomic E-state index is 9.93. The van der Waals surface area contributed by atoms with Gasteiger partial charge in [0.2, 0.25) is 0 Å². The van der Waals surface area contributed by atoms with Crippen molar-refractivity contribution in [3.63, 3.8) is 0 Å². The van der Waals surface area contributed by atoms with E-state index in [1.807, 2.05) is 0 Å². The second kappa shape index (κ2) is 17.0. The third-order valence-electron chi connectivity index (χ3n) is 5.70. The first kappa shape index (κ1) is 39.2. The van der Waals surface area contributed by atoms with Gasteiger partial charge in [0.1, 0.15) is 0 Å². The van der Waals surface area contributed by atoms with Gasteiger partial charge in [-0.1, -0.05) is 94.3 Å². The SMILES string of the molecule is CC(C)(C)S[C@H]1CCCC[C@@H]1OP(c1ccccc1)c1ccccc1.[CH]1[CH]CC[CH][CH]CC1.[F][Sb-]([F])([F])([F])([F])[F].[Rh]. The fourth-order valence-corrected chi connectivity index (χ4v) is 7.73. The van der Waals surface area contributed by atoms with Crippen LogP contribution in [0.3, 0.4) is 0 Å². The van der Waals surface area contributed by atoms with Gasteiger partial charge >= 0.3 is 36.4 Å². The molecule has 0 spiro atoms. The molecule has 41 heavy (non-hydrogen) atoms. The molecule has 1 nitrogen and oxygen atoms in total. The van der Waals surface area contributed by atoms with Gasteiger partial charge in [0.25, 0.3) is 0 Å². The van der Waals surface area contributed by atoms with E-state index in [9.17, 15) is 16.9 Å². The van der Waals surface area contributed by atoms with Gasteiger partial charge in [0, 0.05) is 40.1 Å². The zero-order chi connectivity index (χ0) is 29.8. The Labute approximate surface area is 263 Å². The van der Waals surface area contributed by atoms with Crippen LogP contribution in [0.25, 0.3) is 0 Å². The molecule has 0 N–H and O–H groups in total. The van der Waals surface area contributed by atoms with Gasteiger partial charge in [-0.15, -0.1) is 11.8 Å². The maximum Gasteiger partial charge on any atom is 0 e. The van der Waals surface area contributed by atoms with Gasteiger partial charge in [0.05, 0.1) is 14.3 Å².